The zero-order valence-corrected chi connectivity index (χ0v) is 16.3. The lowest BCUT2D eigenvalue weighted by atomic mass is 9.90. The van der Waals surface area contributed by atoms with E-state index in [-0.39, 0.29) is 11.8 Å². The summed E-state index contributed by atoms with van der Waals surface area (Å²) < 4.78 is 26.5. The van der Waals surface area contributed by atoms with Gasteiger partial charge in [0, 0.05) is 31.9 Å². The number of fused-ring (bicyclic) bond motifs is 1. The van der Waals surface area contributed by atoms with E-state index >= 15 is 0 Å². The second-order valence-electron chi connectivity index (χ2n) is 7.30. The summed E-state index contributed by atoms with van der Waals surface area (Å²) >= 11 is -1.39. The van der Waals surface area contributed by atoms with E-state index in [1.807, 2.05) is 24.3 Å². The van der Waals surface area contributed by atoms with Gasteiger partial charge in [-0.05, 0) is 59.7 Å². The maximum absolute atomic E-state index is 13.3. The number of hydrogen-bond acceptors (Lipinski definition) is 2. The largest absolute Gasteiger partial charge is 0.322 e. The SMILES string of the molecule is NS(=O)N1CCC(c2ccc(NC(=O)N3Cc4ccc(F)cc4C3)cc2)CC1. The van der Waals surface area contributed by atoms with Crippen LogP contribution in [0.2, 0.25) is 0 Å². The van der Waals surface area contributed by atoms with Crippen molar-refractivity contribution >= 4 is 22.9 Å². The normalized spacial score (nSPS) is 18.7. The molecule has 1 unspecified atom stereocenters. The average Bonchev–Trinajstić information content (AvgIpc) is 3.12. The van der Waals surface area contributed by atoms with E-state index in [1.54, 1.807) is 15.3 Å². The summed E-state index contributed by atoms with van der Waals surface area (Å²) in [4.78, 5) is 14.2. The molecule has 148 valence electrons. The Kier molecular flexibility index (Phi) is 5.43. The third-order valence-corrected chi connectivity index (χ3v) is 6.39. The Morgan fingerprint density at radius 3 is 2.43 bits per heavy atom. The van der Waals surface area contributed by atoms with E-state index in [4.69, 9.17) is 5.14 Å². The Morgan fingerprint density at radius 2 is 1.75 bits per heavy atom. The van der Waals surface area contributed by atoms with E-state index in [2.05, 4.69) is 5.32 Å². The van der Waals surface area contributed by atoms with Gasteiger partial charge in [0.25, 0.3) is 0 Å². The maximum Gasteiger partial charge on any atom is 0.322 e. The van der Waals surface area contributed by atoms with Crippen LogP contribution in [0, 0.1) is 5.82 Å². The van der Waals surface area contributed by atoms with Crippen LogP contribution in [-0.2, 0) is 24.3 Å². The molecule has 2 aromatic rings. The molecule has 0 aliphatic carbocycles. The average molecular weight is 402 g/mol. The summed E-state index contributed by atoms with van der Waals surface area (Å²) in [6, 6.07) is 12.3. The first kappa shape index (κ1) is 19.0. The van der Waals surface area contributed by atoms with Crippen LogP contribution >= 0.6 is 0 Å². The lowest BCUT2D eigenvalue weighted by Gasteiger charge is -2.29. The summed E-state index contributed by atoms with van der Waals surface area (Å²) in [6.45, 7) is 2.35. The number of urea groups is 1. The number of rotatable bonds is 3. The van der Waals surface area contributed by atoms with Gasteiger partial charge in [0.2, 0.25) is 0 Å². The number of amides is 2. The highest BCUT2D eigenvalue weighted by Crippen LogP contribution is 2.29. The highest BCUT2D eigenvalue weighted by atomic mass is 32.2. The van der Waals surface area contributed by atoms with Gasteiger partial charge in [-0.1, -0.05) is 18.2 Å². The summed E-state index contributed by atoms with van der Waals surface area (Å²) in [6.07, 6.45) is 1.83. The minimum Gasteiger partial charge on any atom is -0.316 e. The minimum atomic E-state index is -1.39. The van der Waals surface area contributed by atoms with Crippen molar-refractivity contribution in [3.63, 3.8) is 0 Å². The van der Waals surface area contributed by atoms with Gasteiger partial charge in [-0.25, -0.2) is 22.8 Å². The second-order valence-corrected chi connectivity index (χ2v) is 8.37. The minimum absolute atomic E-state index is 0.192. The number of carbonyl (C=O) groups is 1. The summed E-state index contributed by atoms with van der Waals surface area (Å²) in [5.41, 5.74) is 3.78. The molecule has 1 saturated heterocycles. The molecule has 1 atom stereocenters. The molecule has 6 nitrogen and oxygen atoms in total. The molecule has 3 N–H and O–H groups in total. The van der Waals surface area contributed by atoms with Crippen molar-refractivity contribution in [3.05, 3.63) is 65.0 Å². The number of piperidine rings is 1. The molecule has 0 radical (unpaired) electrons. The van der Waals surface area contributed by atoms with Gasteiger partial charge in [-0.3, -0.25) is 0 Å². The van der Waals surface area contributed by atoms with Crippen LogP contribution in [0.4, 0.5) is 14.9 Å². The van der Waals surface area contributed by atoms with Crippen LogP contribution in [-0.4, -0.2) is 32.5 Å². The number of hydrogen-bond donors (Lipinski definition) is 2. The van der Waals surface area contributed by atoms with E-state index in [1.165, 1.54) is 17.7 Å². The Morgan fingerprint density at radius 1 is 1.07 bits per heavy atom. The molecule has 1 fully saturated rings. The molecule has 0 saturated carbocycles. The van der Waals surface area contributed by atoms with Gasteiger partial charge in [0.05, 0.1) is 0 Å². The van der Waals surface area contributed by atoms with Gasteiger partial charge in [0.15, 0.2) is 11.2 Å². The number of nitrogens with one attached hydrogen (secondary N) is 1. The standard InChI is InChI=1S/C20H23FN4O2S/c21-18-4-1-16-12-24(13-17(16)11-18)20(26)23-19-5-2-14(3-6-19)15-7-9-25(10-8-15)28(22)27/h1-6,11,15H,7-10,12-13,22H2,(H,23,26). The lowest BCUT2D eigenvalue weighted by molar-refractivity contribution is 0.212. The number of carbonyl (C=O) groups excluding carboxylic acids is 1. The van der Waals surface area contributed by atoms with Crippen molar-refractivity contribution in [3.8, 4) is 0 Å². The smallest absolute Gasteiger partial charge is 0.316 e. The first-order valence-electron chi connectivity index (χ1n) is 9.34. The molecule has 0 aromatic heterocycles. The monoisotopic (exact) mass is 402 g/mol. The first-order chi connectivity index (χ1) is 13.5. The molecule has 2 heterocycles. The number of anilines is 1. The quantitative estimate of drug-likeness (QED) is 0.828. The number of nitrogens with zero attached hydrogens (tertiary/aromatic N) is 2. The van der Waals surface area contributed by atoms with E-state index in [0.717, 1.165) is 42.7 Å². The van der Waals surface area contributed by atoms with Crippen molar-refractivity contribution < 1.29 is 13.4 Å². The van der Waals surface area contributed by atoms with Crippen molar-refractivity contribution in [2.75, 3.05) is 18.4 Å². The molecule has 2 aliphatic rings. The van der Waals surface area contributed by atoms with Crippen LogP contribution in [0.15, 0.2) is 42.5 Å². The topological polar surface area (TPSA) is 78.7 Å². The predicted molar refractivity (Wildman–Crippen MR) is 107 cm³/mol. The van der Waals surface area contributed by atoms with Crippen LogP contribution in [0.1, 0.15) is 35.4 Å². The molecule has 0 spiro atoms. The lowest BCUT2D eigenvalue weighted by Crippen LogP contribution is -2.37. The van der Waals surface area contributed by atoms with E-state index in [9.17, 15) is 13.4 Å². The number of halogens is 1. The van der Waals surface area contributed by atoms with Crippen molar-refractivity contribution in [2.45, 2.75) is 31.8 Å². The van der Waals surface area contributed by atoms with Crippen molar-refractivity contribution in [2.24, 2.45) is 5.14 Å². The Labute approximate surface area is 166 Å². The Hall–Kier alpha value is -2.29. The fourth-order valence-corrected chi connectivity index (χ4v) is 4.49. The third-order valence-electron chi connectivity index (χ3n) is 5.52. The molecule has 4 rings (SSSR count). The molecule has 8 heteroatoms. The highest BCUT2D eigenvalue weighted by Gasteiger charge is 2.25. The van der Waals surface area contributed by atoms with Crippen LogP contribution in [0.5, 0.6) is 0 Å². The molecule has 2 aliphatic heterocycles. The fraction of sp³-hybridized carbons (Fsp3) is 0.350. The zero-order valence-electron chi connectivity index (χ0n) is 15.4. The molecule has 2 aromatic carbocycles. The van der Waals surface area contributed by atoms with Crippen molar-refractivity contribution in [1.29, 1.82) is 0 Å². The van der Waals surface area contributed by atoms with Gasteiger partial charge in [0.1, 0.15) is 5.82 Å². The predicted octanol–water partition coefficient (Wildman–Crippen LogP) is 3.09. The fourth-order valence-electron chi connectivity index (χ4n) is 3.92. The van der Waals surface area contributed by atoms with Gasteiger partial charge in [-0.15, -0.1) is 0 Å². The van der Waals surface area contributed by atoms with Gasteiger partial charge in [-0.2, -0.15) is 0 Å². The van der Waals surface area contributed by atoms with Crippen molar-refractivity contribution in [1.82, 2.24) is 9.21 Å². The highest BCUT2D eigenvalue weighted by molar-refractivity contribution is 7.80. The molecule has 28 heavy (non-hydrogen) atoms. The Balaban J connectivity index is 1.34. The van der Waals surface area contributed by atoms with Crippen LogP contribution in [0.25, 0.3) is 0 Å². The molecule has 2 amide bonds. The number of benzene rings is 2. The Bertz CT molecular complexity index is 898. The molecular formula is C20H23FN4O2S. The zero-order chi connectivity index (χ0) is 19.7. The summed E-state index contributed by atoms with van der Waals surface area (Å²) in [5, 5.41) is 8.35. The molecule has 0 bridgehead atoms. The maximum atomic E-state index is 13.3. The third kappa shape index (κ3) is 4.09. The van der Waals surface area contributed by atoms with Gasteiger partial charge >= 0.3 is 6.03 Å². The van der Waals surface area contributed by atoms with E-state index in [0.29, 0.717) is 19.0 Å². The van der Waals surface area contributed by atoms with Gasteiger partial charge < -0.3 is 10.2 Å². The summed E-state index contributed by atoms with van der Waals surface area (Å²) in [5.74, 6) is 0.132. The van der Waals surface area contributed by atoms with E-state index < -0.39 is 11.2 Å². The summed E-state index contributed by atoms with van der Waals surface area (Å²) in [7, 11) is 0. The first-order valence-corrected chi connectivity index (χ1v) is 10.5. The number of nitrogens with two attached hydrogens (primary N) is 1. The molecular weight excluding hydrogens is 379 g/mol. The van der Waals surface area contributed by atoms with Crippen LogP contribution < -0.4 is 10.5 Å². The van der Waals surface area contributed by atoms with Crippen LogP contribution in [0.3, 0.4) is 0 Å². The second kappa shape index (κ2) is 7.98.